The first kappa shape index (κ1) is 18.9. The molecule has 0 aromatic carbocycles. The average molecular weight is 369 g/mol. The molecule has 0 radical (unpaired) electrons. The van der Waals surface area contributed by atoms with Gasteiger partial charge in [-0.25, -0.2) is 0 Å². The van der Waals surface area contributed by atoms with Crippen LogP contribution in [0, 0.1) is 0 Å². The lowest BCUT2D eigenvalue weighted by Crippen LogP contribution is -2.41. The molecule has 0 unspecified atom stereocenters. The summed E-state index contributed by atoms with van der Waals surface area (Å²) < 4.78 is 5.65. The van der Waals surface area contributed by atoms with Crippen molar-refractivity contribution in [1.29, 1.82) is 0 Å². The minimum absolute atomic E-state index is 0. The van der Waals surface area contributed by atoms with E-state index in [1.807, 2.05) is 7.05 Å². The molecule has 0 saturated carbocycles. The summed E-state index contributed by atoms with van der Waals surface area (Å²) in [6, 6.07) is 3.21. The SMILES string of the molecule is CNCCN(C)C(=O)CN(C)C(=O)c1ccc(Br)o1.Cl. The molecule has 2 amide bonds. The predicted octanol–water partition coefficient (Wildman–Crippen LogP) is 1.21. The molecule has 20 heavy (non-hydrogen) atoms. The second kappa shape index (κ2) is 8.99. The normalized spacial score (nSPS) is 9.80. The number of halogens is 2. The molecular formula is C12H19BrClN3O3. The van der Waals surface area contributed by atoms with E-state index in [0.717, 1.165) is 0 Å². The van der Waals surface area contributed by atoms with Crippen LogP contribution in [-0.4, -0.2) is 62.4 Å². The molecule has 0 spiro atoms. The zero-order valence-corrected chi connectivity index (χ0v) is 14.1. The van der Waals surface area contributed by atoms with Crippen molar-refractivity contribution in [2.75, 3.05) is 40.8 Å². The standard InChI is InChI=1S/C12H18BrN3O3.ClH/c1-14-6-7-15(2)11(17)8-16(3)12(18)9-4-5-10(13)19-9;/h4-5,14H,6-8H2,1-3H3;1H. The molecule has 0 aliphatic heterocycles. The highest BCUT2D eigenvalue weighted by atomic mass is 79.9. The molecular weight excluding hydrogens is 350 g/mol. The highest BCUT2D eigenvalue weighted by molar-refractivity contribution is 9.10. The summed E-state index contributed by atoms with van der Waals surface area (Å²) in [6.45, 7) is 1.34. The van der Waals surface area contributed by atoms with E-state index in [2.05, 4.69) is 21.2 Å². The van der Waals surface area contributed by atoms with E-state index < -0.39 is 0 Å². The zero-order valence-electron chi connectivity index (χ0n) is 11.7. The van der Waals surface area contributed by atoms with E-state index in [4.69, 9.17) is 4.42 Å². The zero-order chi connectivity index (χ0) is 14.4. The Bertz CT molecular complexity index is 453. The molecule has 0 fully saturated rings. The van der Waals surface area contributed by atoms with Crippen LogP contribution >= 0.6 is 28.3 Å². The van der Waals surface area contributed by atoms with Gasteiger partial charge >= 0.3 is 0 Å². The summed E-state index contributed by atoms with van der Waals surface area (Å²) in [6.07, 6.45) is 0. The monoisotopic (exact) mass is 367 g/mol. The van der Waals surface area contributed by atoms with Crippen LogP contribution in [0.15, 0.2) is 21.2 Å². The quantitative estimate of drug-likeness (QED) is 0.820. The third-order valence-corrected chi connectivity index (χ3v) is 3.05. The number of hydrogen-bond donors (Lipinski definition) is 1. The van der Waals surface area contributed by atoms with Crippen molar-refractivity contribution in [3.8, 4) is 0 Å². The molecule has 6 nitrogen and oxygen atoms in total. The molecule has 0 aliphatic carbocycles. The molecule has 0 atom stereocenters. The Morgan fingerprint density at radius 3 is 2.45 bits per heavy atom. The number of hydrogen-bond acceptors (Lipinski definition) is 4. The second-order valence-electron chi connectivity index (χ2n) is 4.18. The molecule has 0 saturated heterocycles. The Kier molecular flexibility index (Phi) is 8.52. The fourth-order valence-corrected chi connectivity index (χ4v) is 1.72. The van der Waals surface area contributed by atoms with Gasteiger partial charge in [-0.1, -0.05) is 0 Å². The summed E-state index contributed by atoms with van der Waals surface area (Å²) in [7, 11) is 5.10. The van der Waals surface area contributed by atoms with Gasteiger partial charge in [0.2, 0.25) is 5.91 Å². The second-order valence-corrected chi connectivity index (χ2v) is 4.97. The summed E-state index contributed by atoms with van der Waals surface area (Å²) in [5, 5.41) is 2.96. The molecule has 1 N–H and O–H groups in total. The van der Waals surface area contributed by atoms with Gasteiger partial charge in [-0.3, -0.25) is 9.59 Å². The molecule has 1 rings (SSSR count). The lowest BCUT2D eigenvalue weighted by Gasteiger charge is -2.21. The van der Waals surface area contributed by atoms with Crippen molar-refractivity contribution >= 4 is 40.2 Å². The summed E-state index contributed by atoms with van der Waals surface area (Å²) in [5.74, 6) is -0.224. The molecule has 1 heterocycles. The van der Waals surface area contributed by atoms with Crippen molar-refractivity contribution in [3.63, 3.8) is 0 Å². The van der Waals surface area contributed by atoms with Gasteiger partial charge in [-0.05, 0) is 35.1 Å². The maximum Gasteiger partial charge on any atom is 0.289 e. The summed E-state index contributed by atoms with van der Waals surface area (Å²) in [5.41, 5.74) is 0. The third-order valence-electron chi connectivity index (χ3n) is 2.63. The first-order chi connectivity index (χ1) is 8.95. The number of nitrogens with zero attached hydrogens (tertiary/aromatic N) is 2. The molecule has 0 bridgehead atoms. The molecule has 8 heteroatoms. The van der Waals surface area contributed by atoms with Gasteiger partial charge in [0.05, 0.1) is 6.54 Å². The highest BCUT2D eigenvalue weighted by Gasteiger charge is 2.19. The number of rotatable bonds is 6. The van der Waals surface area contributed by atoms with Crippen LogP contribution < -0.4 is 5.32 Å². The van der Waals surface area contributed by atoms with Gasteiger partial charge in [0, 0.05) is 27.2 Å². The fourth-order valence-electron chi connectivity index (χ4n) is 1.42. The van der Waals surface area contributed by atoms with Gasteiger partial charge in [0.15, 0.2) is 10.4 Å². The van der Waals surface area contributed by atoms with Crippen molar-refractivity contribution in [3.05, 3.63) is 22.6 Å². The Hall–Kier alpha value is -1.05. The van der Waals surface area contributed by atoms with Crippen LogP contribution in [0.1, 0.15) is 10.6 Å². The first-order valence-corrected chi connectivity index (χ1v) is 6.64. The van der Waals surface area contributed by atoms with Gasteiger partial charge < -0.3 is 19.5 Å². The maximum atomic E-state index is 12.0. The number of carbonyl (C=O) groups is 2. The van der Waals surface area contributed by atoms with Gasteiger partial charge in [-0.2, -0.15) is 0 Å². The molecule has 1 aromatic heterocycles. The number of likely N-dealkylation sites (N-methyl/N-ethyl adjacent to an activating group) is 3. The van der Waals surface area contributed by atoms with Gasteiger partial charge in [-0.15, -0.1) is 12.4 Å². The Balaban J connectivity index is 0.00000361. The van der Waals surface area contributed by atoms with Crippen molar-refractivity contribution in [2.24, 2.45) is 0 Å². The van der Waals surface area contributed by atoms with Crippen LogP contribution in [0.25, 0.3) is 0 Å². The van der Waals surface area contributed by atoms with Crippen LogP contribution in [0.5, 0.6) is 0 Å². The summed E-state index contributed by atoms with van der Waals surface area (Å²) >= 11 is 3.13. The Morgan fingerprint density at radius 2 is 1.95 bits per heavy atom. The van der Waals surface area contributed by atoms with E-state index in [0.29, 0.717) is 17.8 Å². The Morgan fingerprint density at radius 1 is 1.30 bits per heavy atom. The van der Waals surface area contributed by atoms with E-state index in [1.54, 1.807) is 31.1 Å². The molecule has 114 valence electrons. The smallest absolute Gasteiger partial charge is 0.289 e. The minimum atomic E-state index is -0.318. The first-order valence-electron chi connectivity index (χ1n) is 5.85. The third kappa shape index (κ3) is 5.52. The molecule has 0 aliphatic rings. The van der Waals surface area contributed by atoms with E-state index in [9.17, 15) is 9.59 Å². The lowest BCUT2D eigenvalue weighted by atomic mass is 10.3. The summed E-state index contributed by atoms with van der Waals surface area (Å²) in [4.78, 5) is 26.7. The molecule has 1 aromatic rings. The fraction of sp³-hybridized carbons (Fsp3) is 0.500. The lowest BCUT2D eigenvalue weighted by molar-refractivity contribution is -0.130. The maximum absolute atomic E-state index is 12.0. The number of carbonyl (C=O) groups excluding carboxylic acids is 2. The largest absolute Gasteiger partial charge is 0.444 e. The van der Waals surface area contributed by atoms with Gasteiger partial charge in [0.25, 0.3) is 5.91 Å². The number of furan rings is 1. The van der Waals surface area contributed by atoms with Crippen molar-refractivity contribution in [1.82, 2.24) is 15.1 Å². The van der Waals surface area contributed by atoms with Crippen molar-refractivity contribution < 1.29 is 14.0 Å². The van der Waals surface area contributed by atoms with Crippen LogP contribution in [0.4, 0.5) is 0 Å². The van der Waals surface area contributed by atoms with Crippen molar-refractivity contribution in [2.45, 2.75) is 0 Å². The highest BCUT2D eigenvalue weighted by Crippen LogP contribution is 2.15. The van der Waals surface area contributed by atoms with E-state index >= 15 is 0 Å². The predicted molar refractivity (Wildman–Crippen MR) is 82.2 cm³/mol. The number of nitrogens with one attached hydrogen (secondary N) is 1. The van der Waals surface area contributed by atoms with Crippen LogP contribution in [0.3, 0.4) is 0 Å². The van der Waals surface area contributed by atoms with Crippen LogP contribution in [-0.2, 0) is 4.79 Å². The topological polar surface area (TPSA) is 65.8 Å². The Labute approximate surface area is 133 Å². The average Bonchev–Trinajstić information content (AvgIpc) is 2.81. The van der Waals surface area contributed by atoms with Gasteiger partial charge in [0.1, 0.15) is 0 Å². The van der Waals surface area contributed by atoms with Crippen LogP contribution in [0.2, 0.25) is 0 Å². The minimum Gasteiger partial charge on any atom is -0.444 e. The number of amides is 2. The van der Waals surface area contributed by atoms with E-state index in [1.165, 1.54) is 4.90 Å². The van der Waals surface area contributed by atoms with E-state index in [-0.39, 0.29) is 36.5 Å².